The molecule has 118 valence electrons. The summed E-state index contributed by atoms with van der Waals surface area (Å²) in [6, 6.07) is 0.881. The molecule has 2 atom stereocenters. The standard InChI is InChI=1S/C20H28N2/c1-3-11-19-17(7-1)9-5-13-21(19)15-16-22-14-6-10-18-8-2-4-12-20(18)22/h1,3,5,9,11,13,18,20H,2,4,6-8,10,12,14-16H2. The van der Waals surface area contributed by atoms with Gasteiger partial charge in [0.05, 0.1) is 0 Å². The molecule has 2 fully saturated rings. The summed E-state index contributed by atoms with van der Waals surface area (Å²) in [5, 5.41) is 0. The Morgan fingerprint density at radius 3 is 2.86 bits per heavy atom. The Labute approximate surface area is 134 Å². The lowest BCUT2D eigenvalue weighted by atomic mass is 9.78. The van der Waals surface area contributed by atoms with Gasteiger partial charge in [-0.05, 0) is 62.3 Å². The van der Waals surface area contributed by atoms with Gasteiger partial charge in [-0.3, -0.25) is 4.90 Å². The molecule has 2 unspecified atom stereocenters. The molecule has 1 saturated heterocycles. The van der Waals surface area contributed by atoms with Crippen LogP contribution < -0.4 is 0 Å². The van der Waals surface area contributed by atoms with Crippen LogP contribution >= 0.6 is 0 Å². The number of likely N-dealkylation sites (tertiary alicyclic amines) is 1. The topological polar surface area (TPSA) is 6.48 Å². The molecule has 2 aliphatic carbocycles. The Kier molecular flexibility index (Phi) is 4.20. The Bertz CT molecular complexity index is 524. The molecule has 0 aromatic carbocycles. The molecule has 22 heavy (non-hydrogen) atoms. The quantitative estimate of drug-likeness (QED) is 0.768. The summed E-state index contributed by atoms with van der Waals surface area (Å²) in [5.74, 6) is 0.992. The van der Waals surface area contributed by atoms with E-state index in [-0.39, 0.29) is 0 Å². The van der Waals surface area contributed by atoms with E-state index in [0.29, 0.717) is 0 Å². The lowest BCUT2D eigenvalue weighted by Crippen LogP contribution is -2.48. The maximum Gasteiger partial charge on any atom is 0.0442 e. The second-order valence-electron chi connectivity index (χ2n) is 7.20. The molecule has 0 spiro atoms. The first-order valence-corrected chi connectivity index (χ1v) is 9.17. The molecule has 0 aromatic rings. The summed E-state index contributed by atoms with van der Waals surface area (Å²) < 4.78 is 0. The van der Waals surface area contributed by atoms with Crippen LogP contribution in [0.5, 0.6) is 0 Å². The minimum absolute atomic E-state index is 0.881. The van der Waals surface area contributed by atoms with Crippen molar-refractivity contribution >= 4 is 0 Å². The highest BCUT2D eigenvalue weighted by atomic mass is 15.2. The lowest BCUT2D eigenvalue weighted by Gasteiger charge is -2.45. The third kappa shape index (κ3) is 2.81. The summed E-state index contributed by atoms with van der Waals surface area (Å²) in [6.07, 6.45) is 23.3. The molecule has 0 amide bonds. The van der Waals surface area contributed by atoms with E-state index in [9.17, 15) is 0 Å². The summed E-state index contributed by atoms with van der Waals surface area (Å²) in [6.45, 7) is 3.68. The normalized spacial score (nSPS) is 31.4. The summed E-state index contributed by atoms with van der Waals surface area (Å²) in [5.41, 5.74) is 2.89. The fourth-order valence-electron chi connectivity index (χ4n) is 4.78. The van der Waals surface area contributed by atoms with Crippen molar-refractivity contribution in [2.24, 2.45) is 5.92 Å². The van der Waals surface area contributed by atoms with Crippen molar-refractivity contribution in [1.82, 2.24) is 9.80 Å². The van der Waals surface area contributed by atoms with Gasteiger partial charge in [0, 0.05) is 31.0 Å². The van der Waals surface area contributed by atoms with E-state index >= 15 is 0 Å². The van der Waals surface area contributed by atoms with Crippen molar-refractivity contribution in [3.8, 4) is 0 Å². The molecule has 4 aliphatic rings. The van der Waals surface area contributed by atoms with E-state index in [0.717, 1.165) is 24.9 Å². The van der Waals surface area contributed by atoms with Crippen LogP contribution in [0.2, 0.25) is 0 Å². The Morgan fingerprint density at radius 2 is 1.86 bits per heavy atom. The fraction of sp³-hybridized carbons (Fsp3) is 0.600. The van der Waals surface area contributed by atoms with Gasteiger partial charge in [0.2, 0.25) is 0 Å². The maximum atomic E-state index is 2.80. The molecule has 0 N–H and O–H groups in total. The minimum Gasteiger partial charge on any atom is -0.346 e. The first-order chi connectivity index (χ1) is 10.9. The lowest BCUT2D eigenvalue weighted by molar-refractivity contribution is 0.0576. The highest BCUT2D eigenvalue weighted by Crippen LogP contribution is 2.35. The van der Waals surface area contributed by atoms with Gasteiger partial charge < -0.3 is 4.90 Å². The first kappa shape index (κ1) is 14.3. The van der Waals surface area contributed by atoms with E-state index in [4.69, 9.17) is 0 Å². The summed E-state index contributed by atoms with van der Waals surface area (Å²) in [4.78, 5) is 5.27. The predicted molar refractivity (Wildman–Crippen MR) is 92.3 cm³/mol. The summed E-state index contributed by atoms with van der Waals surface area (Å²) >= 11 is 0. The number of nitrogens with zero attached hydrogens (tertiary/aromatic N) is 2. The SMILES string of the molecule is C1=CCC2=CC=CN(CCN3CCCC4CCCCC43)C2=C1. The van der Waals surface area contributed by atoms with Crippen molar-refractivity contribution in [2.75, 3.05) is 19.6 Å². The van der Waals surface area contributed by atoms with Crippen LogP contribution in [0.1, 0.15) is 44.9 Å². The Balaban J connectivity index is 1.39. The molecular formula is C20H28N2. The van der Waals surface area contributed by atoms with Crippen LogP contribution in [-0.4, -0.2) is 35.5 Å². The number of hydrogen-bond acceptors (Lipinski definition) is 2. The predicted octanol–water partition coefficient (Wildman–Crippen LogP) is 4.24. The van der Waals surface area contributed by atoms with Crippen LogP contribution in [0.25, 0.3) is 0 Å². The molecule has 0 radical (unpaired) electrons. The van der Waals surface area contributed by atoms with Gasteiger partial charge in [0.25, 0.3) is 0 Å². The van der Waals surface area contributed by atoms with Crippen LogP contribution in [0.3, 0.4) is 0 Å². The van der Waals surface area contributed by atoms with Crippen LogP contribution in [0, 0.1) is 5.92 Å². The van der Waals surface area contributed by atoms with Gasteiger partial charge in [-0.15, -0.1) is 0 Å². The second-order valence-corrected chi connectivity index (χ2v) is 7.20. The minimum atomic E-state index is 0.881. The first-order valence-electron chi connectivity index (χ1n) is 9.17. The van der Waals surface area contributed by atoms with Gasteiger partial charge in [0.15, 0.2) is 0 Å². The van der Waals surface area contributed by atoms with Gasteiger partial charge in [-0.1, -0.05) is 31.1 Å². The molecule has 1 saturated carbocycles. The molecule has 2 heterocycles. The van der Waals surface area contributed by atoms with E-state index in [1.54, 1.807) is 0 Å². The molecule has 2 nitrogen and oxygen atoms in total. The average molecular weight is 296 g/mol. The number of piperidine rings is 1. The van der Waals surface area contributed by atoms with Crippen molar-refractivity contribution in [2.45, 2.75) is 51.0 Å². The average Bonchev–Trinajstić information content (AvgIpc) is 2.60. The molecule has 2 heteroatoms. The van der Waals surface area contributed by atoms with Crippen molar-refractivity contribution < 1.29 is 0 Å². The van der Waals surface area contributed by atoms with Crippen LogP contribution in [0.15, 0.2) is 47.9 Å². The van der Waals surface area contributed by atoms with Crippen molar-refractivity contribution in [1.29, 1.82) is 0 Å². The number of rotatable bonds is 3. The van der Waals surface area contributed by atoms with Crippen molar-refractivity contribution in [3.05, 3.63) is 47.9 Å². The third-order valence-electron chi connectivity index (χ3n) is 5.92. The highest BCUT2D eigenvalue weighted by Gasteiger charge is 2.33. The third-order valence-corrected chi connectivity index (χ3v) is 5.92. The van der Waals surface area contributed by atoms with E-state index in [1.165, 1.54) is 62.9 Å². The second kappa shape index (κ2) is 6.45. The smallest absolute Gasteiger partial charge is 0.0442 e. The molecule has 0 aromatic heterocycles. The maximum absolute atomic E-state index is 2.80. The molecule has 4 rings (SSSR count). The largest absolute Gasteiger partial charge is 0.346 e. The zero-order valence-corrected chi connectivity index (χ0v) is 13.6. The van der Waals surface area contributed by atoms with Gasteiger partial charge in [-0.2, -0.15) is 0 Å². The van der Waals surface area contributed by atoms with E-state index in [1.807, 2.05) is 0 Å². The Hall–Kier alpha value is -1.28. The highest BCUT2D eigenvalue weighted by molar-refractivity contribution is 5.43. The van der Waals surface area contributed by atoms with E-state index < -0.39 is 0 Å². The van der Waals surface area contributed by atoms with Crippen LogP contribution in [-0.2, 0) is 0 Å². The summed E-state index contributed by atoms with van der Waals surface area (Å²) in [7, 11) is 0. The number of fused-ring (bicyclic) bond motifs is 2. The van der Waals surface area contributed by atoms with Gasteiger partial charge >= 0.3 is 0 Å². The molecular weight excluding hydrogens is 268 g/mol. The Morgan fingerprint density at radius 1 is 0.955 bits per heavy atom. The monoisotopic (exact) mass is 296 g/mol. The van der Waals surface area contributed by atoms with E-state index in [2.05, 4.69) is 46.4 Å². The van der Waals surface area contributed by atoms with Crippen LogP contribution in [0.4, 0.5) is 0 Å². The zero-order valence-electron chi connectivity index (χ0n) is 13.6. The zero-order chi connectivity index (χ0) is 14.8. The van der Waals surface area contributed by atoms with Gasteiger partial charge in [-0.25, -0.2) is 0 Å². The molecule has 0 bridgehead atoms. The fourth-order valence-corrected chi connectivity index (χ4v) is 4.78. The van der Waals surface area contributed by atoms with Crippen molar-refractivity contribution in [3.63, 3.8) is 0 Å². The number of hydrogen-bond donors (Lipinski definition) is 0. The van der Waals surface area contributed by atoms with Gasteiger partial charge in [0.1, 0.15) is 0 Å². The molecule has 2 aliphatic heterocycles. The number of allylic oxidation sites excluding steroid dienone is 6.